The molecular weight excluding hydrogens is 264 g/mol. The van der Waals surface area contributed by atoms with Crippen molar-refractivity contribution in [3.8, 4) is 0 Å². The molecule has 0 aromatic heterocycles. The van der Waals surface area contributed by atoms with Crippen LogP contribution >= 0.6 is 0 Å². The minimum atomic E-state index is -3.11. The van der Waals surface area contributed by atoms with Gasteiger partial charge >= 0.3 is 0 Å². The molecule has 1 saturated carbocycles. The van der Waals surface area contributed by atoms with Crippen molar-refractivity contribution in [1.29, 1.82) is 0 Å². The van der Waals surface area contributed by atoms with E-state index in [-0.39, 0.29) is 11.8 Å². The predicted octanol–water partition coefficient (Wildman–Crippen LogP) is 1.21. The molecule has 1 N–H and O–H groups in total. The molecule has 114 valence electrons. The first-order valence-electron chi connectivity index (χ1n) is 7.19. The quantitative estimate of drug-likeness (QED) is 0.582. The van der Waals surface area contributed by atoms with Gasteiger partial charge < -0.3 is 10.1 Å². The van der Waals surface area contributed by atoms with Gasteiger partial charge in [0.2, 0.25) is 10.0 Å². The highest BCUT2D eigenvalue weighted by Gasteiger charge is 2.36. The smallest absolute Gasteiger partial charge is 0.214 e. The van der Waals surface area contributed by atoms with E-state index in [0.29, 0.717) is 19.2 Å². The van der Waals surface area contributed by atoms with Crippen molar-refractivity contribution < 1.29 is 13.2 Å². The molecular formula is C13H28N2O3S. The Morgan fingerprint density at radius 1 is 1.32 bits per heavy atom. The van der Waals surface area contributed by atoms with E-state index in [2.05, 4.69) is 19.2 Å². The minimum Gasteiger partial charge on any atom is -0.383 e. The lowest BCUT2D eigenvalue weighted by Gasteiger charge is -2.21. The first-order chi connectivity index (χ1) is 8.97. The molecule has 0 unspecified atom stereocenters. The Kier molecular flexibility index (Phi) is 7.28. The second-order valence-electron chi connectivity index (χ2n) is 5.47. The van der Waals surface area contributed by atoms with Gasteiger partial charge in [-0.25, -0.2) is 8.42 Å². The molecule has 1 fully saturated rings. The summed E-state index contributed by atoms with van der Waals surface area (Å²) in [5.74, 6) is 0.257. The summed E-state index contributed by atoms with van der Waals surface area (Å²) in [5, 5.41) is 3.30. The summed E-state index contributed by atoms with van der Waals surface area (Å²) in [6.45, 7) is 6.04. The van der Waals surface area contributed by atoms with Crippen LogP contribution in [0.3, 0.4) is 0 Å². The van der Waals surface area contributed by atoms with Gasteiger partial charge in [0.15, 0.2) is 0 Å². The average molecular weight is 292 g/mol. The second kappa shape index (κ2) is 8.19. The maximum Gasteiger partial charge on any atom is 0.214 e. The zero-order chi connectivity index (χ0) is 14.3. The SMILES string of the molecule is COCCN(C1CC1)S(=O)(=O)CCCCNC(C)C. The first-order valence-corrected chi connectivity index (χ1v) is 8.80. The fourth-order valence-electron chi connectivity index (χ4n) is 2.01. The highest BCUT2D eigenvalue weighted by atomic mass is 32.2. The van der Waals surface area contributed by atoms with Crippen molar-refractivity contribution in [3.63, 3.8) is 0 Å². The molecule has 1 rings (SSSR count). The number of unbranched alkanes of at least 4 members (excludes halogenated alkanes) is 1. The molecule has 6 heteroatoms. The van der Waals surface area contributed by atoms with Crippen LogP contribution in [0, 0.1) is 0 Å². The zero-order valence-electron chi connectivity index (χ0n) is 12.4. The van der Waals surface area contributed by atoms with Crippen LogP contribution in [-0.4, -0.2) is 57.4 Å². The molecule has 0 aromatic rings. The molecule has 0 spiro atoms. The van der Waals surface area contributed by atoms with Gasteiger partial charge in [0.05, 0.1) is 12.4 Å². The van der Waals surface area contributed by atoms with Gasteiger partial charge in [-0.1, -0.05) is 13.8 Å². The molecule has 0 amide bonds. The number of nitrogens with one attached hydrogen (secondary N) is 1. The monoisotopic (exact) mass is 292 g/mol. The average Bonchev–Trinajstić information content (AvgIpc) is 3.12. The summed E-state index contributed by atoms with van der Waals surface area (Å²) in [6, 6.07) is 0.690. The number of sulfonamides is 1. The Morgan fingerprint density at radius 2 is 2.00 bits per heavy atom. The zero-order valence-corrected chi connectivity index (χ0v) is 13.2. The van der Waals surface area contributed by atoms with Gasteiger partial charge in [-0.15, -0.1) is 0 Å². The number of rotatable bonds is 11. The van der Waals surface area contributed by atoms with Crippen LogP contribution in [0.1, 0.15) is 39.5 Å². The van der Waals surface area contributed by atoms with Crippen molar-refractivity contribution in [2.75, 3.05) is 32.6 Å². The third-order valence-corrected chi connectivity index (χ3v) is 5.21. The van der Waals surface area contributed by atoms with Crippen LogP contribution in [0.2, 0.25) is 0 Å². The van der Waals surface area contributed by atoms with E-state index in [0.717, 1.165) is 32.2 Å². The van der Waals surface area contributed by atoms with Crippen molar-refractivity contribution in [1.82, 2.24) is 9.62 Å². The highest BCUT2D eigenvalue weighted by Crippen LogP contribution is 2.29. The van der Waals surface area contributed by atoms with E-state index < -0.39 is 10.0 Å². The third-order valence-electron chi connectivity index (χ3n) is 3.21. The second-order valence-corrected chi connectivity index (χ2v) is 7.51. The fourth-order valence-corrected chi connectivity index (χ4v) is 3.83. The van der Waals surface area contributed by atoms with Crippen LogP contribution in [0.25, 0.3) is 0 Å². The van der Waals surface area contributed by atoms with Crippen LogP contribution in [0.5, 0.6) is 0 Å². The molecule has 19 heavy (non-hydrogen) atoms. The van der Waals surface area contributed by atoms with Gasteiger partial charge in [-0.2, -0.15) is 4.31 Å². The largest absolute Gasteiger partial charge is 0.383 e. The fraction of sp³-hybridized carbons (Fsp3) is 1.00. The summed E-state index contributed by atoms with van der Waals surface area (Å²) in [5.41, 5.74) is 0. The topological polar surface area (TPSA) is 58.6 Å². The van der Waals surface area contributed by atoms with Crippen LogP contribution in [-0.2, 0) is 14.8 Å². The maximum atomic E-state index is 12.3. The van der Waals surface area contributed by atoms with E-state index in [1.807, 2.05) is 0 Å². The Labute approximate surface area is 117 Å². The Bertz CT molecular complexity index is 340. The van der Waals surface area contributed by atoms with E-state index in [1.54, 1.807) is 11.4 Å². The lowest BCUT2D eigenvalue weighted by atomic mass is 10.3. The lowest BCUT2D eigenvalue weighted by Crippen LogP contribution is -2.37. The van der Waals surface area contributed by atoms with E-state index in [9.17, 15) is 8.42 Å². The lowest BCUT2D eigenvalue weighted by molar-refractivity contribution is 0.177. The summed E-state index contributed by atoms with van der Waals surface area (Å²) >= 11 is 0. The maximum absolute atomic E-state index is 12.3. The van der Waals surface area contributed by atoms with E-state index in [4.69, 9.17) is 4.74 Å². The minimum absolute atomic E-state index is 0.230. The molecule has 1 aliphatic rings. The van der Waals surface area contributed by atoms with Crippen LogP contribution in [0.4, 0.5) is 0 Å². The van der Waals surface area contributed by atoms with Gasteiger partial charge in [0, 0.05) is 25.7 Å². The van der Waals surface area contributed by atoms with Crippen molar-refractivity contribution in [3.05, 3.63) is 0 Å². The van der Waals surface area contributed by atoms with Gasteiger partial charge in [-0.3, -0.25) is 0 Å². The Hall–Kier alpha value is -0.170. The molecule has 0 saturated heterocycles. The number of nitrogens with zero attached hydrogens (tertiary/aromatic N) is 1. The Morgan fingerprint density at radius 3 is 2.53 bits per heavy atom. The van der Waals surface area contributed by atoms with Gasteiger partial charge in [-0.05, 0) is 32.2 Å². The molecule has 0 atom stereocenters. The molecule has 1 aliphatic carbocycles. The molecule has 0 radical (unpaired) electrons. The molecule has 0 aliphatic heterocycles. The van der Waals surface area contributed by atoms with Gasteiger partial charge in [0.1, 0.15) is 0 Å². The van der Waals surface area contributed by atoms with Crippen LogP contribution in [0.15, 0.2) is 0 Å². The summed E-state index contributed by atoms with van der Waals surface area (Å²) in [7, 11) is -1.50. The van der Waals surface area contributed by atoms with E-state index >= 15 is 0 Å². The molecule has 0 bridgehead atoms. The molecule has 0 aromatic carbocycles. The molecule has 0 heterocycles. The first kappa shape index (κ1) is 16.9. The number of methoxy groups -OCH3 is 1. The molecule has 5 nitrogen and oxygen atoms in total. The number of hydrogen-bond donors (Lipinski definition) is 1. The normalized spacial score (nSPS) is 16.5. The summed E-state index contributed by atoms with van der Waals surface area (Å²) < 4.78 is 31.2. The Balaban J connectivity index is 2.31. The van der Waals surface area contributed by atoms with E-state index in [1.165, 1.54) is 0 Å². The number of hydrogen-bond acceptors (Lipinski definition) is 4. The summed E-state index contributed by atoms with van der Waals surface area (Å²) in [6.07, 6.45) is 3.62. The van der Waals surface area contributed by atoms with Crippen molar-refractivity contribution in [2.24, 2.45) is 0 Å². The standard InChI is InChI=1S/C13H28N2O3S/c1-12(2)14-8-4-5-11-19(16,17)15(9-10-18-3)13-6-7-13/h12-14H,4-11H2,1-3H3. The van der Waals surface area contributed by atoms with Crippen molar-refractivity contribution in [2.45, 2.75) is 51.6 Å². The summed E-state index contributed by atoms with van der Waals surface area (Å²) in [4.78, 5) is 0. The number of ether oxygens (including phenoxy) is 1. The van der Waals surface area contributed by atoms with Crippen molar-refractivity contribution >= 4 is 10.0 Å². The van der Waals surface area contributed by atoms with Gasteiger partial charge in [0.25, 0.3) is 0 Å². The predicted molar refractivity (Wildman–Crippen MR) is 77.8 cm³/mol. The third kappa shape index (κ3) is 6.70. The van der Waals surface area contributed by atoms with Crippen LogP contribution < -0.4 is 5.32 Å². The highest BCUT2D eigenvalue weighted by molar-refractivity contribution is 7.89.